The smallest absolute Gasteiger partial charge is 0.236 e. The molecule has 1 saturated heterocycles. The van der Waals surface area contributed by atoms with Crippen molar-refractivity contribution >= 4 is 28.4 Å². The average molecular weight is 521 g/mol. The molecule has 3 heterocycles. The predicted molar refractivity (Wildman–Crippen MR) is 144 cm³/mol. The molecule has 4 aromatic rings. The zero-order chi connectivity index (χ0) is 25.8. The van der Waals surface area contributed by atoms with Crippen LogP contribution in [0.25, 0.3) is 11.4 Å². The lowest BCUT2D eigenvalue weighted by atomic mass is 10.2. The van der Waals surface area contributed by atoms with Crippen LogP contribution in [0.5, 0.6) is 5.75 Å². The van der Waals surface area contributed by atoms with Crippen LogP contribution in [-0.2, 0) is 17.9 Å². The summed E-state index contributed by atoms with van der Waals surface area (Å²) in [5.41, 5.74) is 2.69. The largest absolute Gasteiger partial charge is 0.497 e. The van der Waals surface area contributed by atoms with Crippen molar-refractivity contribution in [1.82, 2.24) is 19.7 Å². The van der Waals surface area contributed by atoms with Gasteiger partial charge in [0.05, 0.1) is 18.4 Å². The summed E-state index contributed by atoms with van der Waals surface area (Å²) in [4.78, 5) is 23.8. The van der Waals surface area contributed by atoms with Gasteiger partial charge in [0.25, 0.3) is 0 Å². The summed E-state index contributed by atoms with van der Waals surface area (Å²) in [7, 11) is 3.70. The van der Waals surface area contributed by atoms with E-state index in [9.17, 15) is 9.18 Å². The Hall–Kier alpha value is -3.76. The first-order valence-corrected chi connectivity index (χ1v) is 12.9. The first kappa shape index (κ1) is 24.9. The number of para-hydroxylation sites is 1. The van der Waals surface area contributed by atoms with Crippen LogP contribution >= 0.6 is 11.3 Å². The Balaban J connectivity index is 1.34. The maximum atomic E-state index is 14.2. The normalized spacial score (nSPS) is 14.1. The molecule has 37 heavy (non-hydrogen) atoms. The fourth-order valence-electron chi connectivity index (χ4n) is 4.63. The predicted octanol–water partition coefficient (Wildman–Crippen LogP) is 4.15. The minimum Gasteiger partial charge on any atom is -0.497 e. The number of thiophene rings is 1. The van der Waals surface area contributed by atoms with Gasteiger partial charge < -0.3 is 14.5 Å². The average Bonchev–Trinajstić information content (AvgIpc) is 3.57. The molecule has 1 aliphatic rings. The van der Waals surface area contributed by atoms with Crippen LogP contribution in [0.1, 0.15) is 10.4 Å². The summed E-state index contributed by atoms with van der Waals surface area (Å²) in [6.45, 7) is 4.67. The van der Waals surface area contributed by atoms with Crippen molar-refractivity contribution in [2.45, 2.75) is 13.1 Å². The molecule has 8 nitrogen and oxygen atoms in total. The van der Waals surface area contributed by atoms with E-state index in [1.165, 1.54) is 22.0 Å². The Labute approximate surface area is 219 Å². The molecular weight excluding hydrogens is 491 g/mol. The highest BCUT2D eigenvalue weighted by molar-refractivity contribution is 7.16. The fourth-order valence-corrected chi connectivity index (χ4v) is 5.78. The van der Waals surface area contributed by atoms with Gasteiger partial charge in [0.15, 0.2) is 5.82 Å². The number of halogens is 1. The highest BCUT2D eigenvalue weighted by Gasteiger charge is 2.23. The molecule has 0 bridgehead atoms. The van der Waals surface area contributed by atoms with Gasteiger partial charge in [0, 0.05) is 51.2 Å². The number of methoxy groups -OCH3 is 1. The van der Waals surface area contributed by atoms with E-state index in [0.29, 0.717) is 24.5 Å². The molecule has 2 aromatic carbocycles. The Bertz CT molecular complexity index is 1350. The molecule has 0 unspecified atom stereocenters. The van der Waals surface area contributed by atoms with Crippen LogP contribution < -0.4 is 14.5 Å². The van der Waals surface area contributed by atoms with Gasteiger partial charge in [-0.25, -0.2) is 9.37 Å². The fraction of sp³-hybridized carbons (Fsp3) is 0.296. The molecule has 0 spiro atoms. The molecular formula is C27H29FN6O2S. The number of aromatic nitrogens is 3. The van der Waals surface area contributed by atoms with Gasteiger partial charge in [-0.15, -0.1) is 11.3 Å². The van der Waals surface area contributed by atoms with Crippen LogP contribution in [0.4, 0.5) is 15.1 Å². The maximum absolute atomic E-state index is 14.2. The van der Waals surface area contributed by atoms with E-state index in [1.807, 2.05) is 43.4 Å². The van der Waals surface area contributed by atoms with Crippen LogP contribution in [-0.4, -0.2) is 66.4 Å². The monoisotopic (exact) mass is 520 g/mol. The molecule has 0 amide bonds. The lowest BCUT2D eigenvalue weighted by Crippen LogP contribution is -2.46. The number of ether oxygens (including phenoxy) is 1. The Morgan fingerprint density at radius 1 is 1.11 bits per heavy atom. The van der Waals surface area contributed by atoms with E-state index >= 15 is 0 Å². The Morgan fingerprint density at radius 3 is 2.57 bits per heavy atom. The van der Waals surface area contributed by atoms with Gasteiger partial charge in [-0.1, -0.05) is 24.3 Å². The van der Waals surface area contributed by atoms with Gasteiger partial charge in [-0.2, -0.15) is 9.78 Å². The van der Waals surface area contributed by atoms with E-state index in [4.69, 9.17) is 4.74 Å². The molecule has 0 radical (unpaired) electrons. The first-order chi connectivity index (χ1) is 18.1. The summed E-state index contributed by atoms with van der Waals surface area (Å²) < 4.78 is 20.8. The van der Waals surface area contributed by atoms with Crippen molar-refractivity contribution in [3.8, 4) is 17.1 Å². The standard InChI is InChI=1S/C27H29FN6O2S/c1-31(16-20-7-9-21(36-2)10-8-20)27-23(26-29-18-30-34(26)19-35)15-22(37-27)17-32-11-13-33(14-12-32)25-6-4-3-5-24(25)28/h3-10,15,18-19H,11-14,16-17H2,1-2H3. The van der Waals surface area contributed by atoms with E-state index in [2.05, 4.69) is 30.8 Å². The summed E-state index contributed by atoms with van der Waals surface area (Å²) >= 11 is 1.69. The molecule has 192 valence electrons. The SMILES string of the molecule is COc1ccc(CN(C)c2sc(CN3CCN(c4ccccc4F)CC3)cc2-c2ncnn2C=O)cc1. The zero-order valence-corrected chi connectivity index (χ0v) is 21.7. The minimum absolute atomic E-state index is 0.178. The number of hydrogen-bond donors (Lipinski definition) is 0. The second-order valence-corrected chi connectivity index (χ2v) is 10.1. The lowest BCUT2D eigenvalue weighted by Gasteiger charge is -2.36. The number of hydrogen-bond acceptors (Lipinski definition) is 8. The van der Waals surface area contributed by atoms with Gasteiger partial charge in [0.1, 0.15) is 22.9 Å². The quantitative estimate of drug-likeness (QED) is 0.307. The number of anilines is 2. The highest BCUT2D eigenvalue weighted by Crippen LogP contribution is 2.39. The van der Waals surface area contributed by atoms with Crippen molar-refractivity contribution in [3.63, 3.8) is 0 Å². The third-order valence-corrected chi connectivity index (χ3v) is 7.78. The topological polar surface area (TPSA) is 66.7 Å². The third kappa shape index (κ3) is 5.50. The summed E-state index contributed by atoms with van der Waals surface area (Å²) in [5, 5.41) is 5.07. The van der Waals surface area contributed by atoms with Gasteiger partial charge >= 0.3 is 0 Å². The van der Waals surface area contributed by atoms with Gasteiger partial charge in [0.2, 0.25) is 6.41 Å². The maximum Gasteiger partial charge on any atom is 0.236 e. The summed E-state index contributed by atoms with van der Waals surface area (Å²) in [5.74, 6) is 1.17. The summed E-state index contributed by atoms with van der Waals surface area (Å²) in [6.07, 6.45) is 2.07. The number of benzene rings is 2. The lowest BCUT2D eigenvalue weighted by molar-refractivity contribution is 0.251. The van der Waals surface area contributed by atoms with Gasteiger partial charge in [-0.3, -0.25) is 9.69 Å². The molecule has 0 atom stereocenters. The van der Waals surface area contributed by atoms with Crippen molar-refractivity contribution in [2.75, 3.05) is 50.1 Å². The number of carbonyl (C=O) groups is 1. The Morgan fingerprint density at radius 2 is 1.86 bits per heavy atom. The summed E-state index contributed by atoms with van der Waals surface area (Å²) in [6, 6.07) is 17.1. The first-order valence-electron chi connectivity index (χ1n) is 12.1. The van der Waals surface area contributed by atoms with Crippen LogP contribution in [0.2, 0.25) is 0 Å². The van der Waals surface area contributed by atoms with E-state index < -0.39 is 0 Å². The molecule has 1 fully saturated rings. The number of piperazine rings is 1. The highest BCUT2D eigenvalue weighted by atomic mass is 32.1. The second-order valence-electron chi connectivity index (χ2n) is 8.98. The molecule has 2 aromatic heterocycles. The second kappa shape index (κ2) is 11.1. The third-order valence-electron chi connectivity index (χ3n) is 6.55. The van der Waals surface area contributed by atoms with Crippen molar-refractivity contribution in [2.24, 2.45) is 0 Å². The molecule has 1 aliphatic heterocycles. The van der Waals surface area contributed by atoms with Crippen LogP contribution in [0.3, 0.4) is 0 Å². The molecule has 5 rings (SSSR count). The van der Waals surface area contributed by atoms with E-state index in [-0.39, 0.29) is 5.82 Å². The van der Waals surface area contributed by atoms with E-state index in [1.54, 1.807) is 24.5 Å². The molecule has 10 heteroatoms. The zero-order valence-electron chi connectivity index (χ0n) is 20.9. The van der Waals surface area contributed by atoms with Crippen molar-refractivity contribution in [3.05, 3.63) is 77.2 Å². The van der Waals surface area contributed by atoms with Crippen molar-refractivity contribution in [1.29, 1.82) is 0 Å². The van der Waals surface area contributed by atoms with Gasteiger partial charge in [-0.05, 0) is 35.9 Å². The Kier molecular flexibility index (Phi) is 7.47. The molecule has 0 N–H and O–H groups in total. The number of rotatable bonds is 9. The number of carbonyl (C=O) groups excluding carboxylic acids is 1. The minimum atomic E-state index is -0.178. The molecule has 0 aliphatic carbocycles. The van der Waals surface area contributed by atoms with Crippen LogP contribution in [0.15, 0.2) is 60.9 Å². The van der Waals surface area contributed by atoms with Crippen LogP contribution in [0, 0.1) is 5.82 Å². The van der Waals surface area contributed by atoms with E-state index in [0.717, 1.165) is 54.6 Å². The molecule has 0 saturated carbocycles. The van der Waals surface area contributed by atoms with Crippen molar-refractivity contribution < 1.29 is 13.9 Å². The number of nitrogens with zero attached hydrogens (tertiary/aromatic N) is 6.